The summed E-state index contributed by atoms with van der Waals surface area (Å²) in [6.07, 6.45) is 0. The van der Waals surface area contributed by atoms with Gasteiger partial charge >= 0.3 is 5.69 Å². The molecule has 64 valence electrons. The molecule has 0 atom stereocenters. The topological polar surface area (TPSA) is 69.2 Å². The second-order valence-corrected chi connectivity index (χ2v) is 3.00. The zero-order valence-corrected chi connectivity index (χ0v) is 7.34. The number of rotatable bonds is 1. The fourth-order valence-electron chi connectivity index (χ4n) is 0.779. The van der Waals surface area contributed by atoms with Crippen molar-refractivity contribution in [1.82, 2.24) is 0 Å². The molecule has 0 aliphatic carbocycles. The van der Waals surface area contributed by atoms with E-state index in [0.717, 1.165) is 6.07 Å². The monoisotopic (exact) mass is 234 g/mol. The number of nitrogen functional groups attached to an aromatic ring is 1. The Labute approximate surface area is 75.5 Å². The average molecular weight is 235 g/mol. The van der Waals surface area contributed by atoms with E-state index in [-0.39, 0.29) is 5.69 Å². The molecule has 0 saturated heterocycles. The van der Waals surface area contributed by atoms with E-state index in [1.807, 2.05) is 0 Å². The second-order valence-electron chi connectivity index (χ2n) is 2.08. The normalized spacial score (nSPS) is 9.83. The molecule has 0 aromatic heterocycles. The summed E-state index contributed by atoms with van der Waals surface area (Å²) in [6, 6.07) is 2.27. The molecule has 0 aliphatic rings. The lowest BCUT2D eigenvalue weighted by atomic mass is 10.2. The molecule has 0 aliphatic heterocycles. The van der Waals surface area contributed by atoms with Gasteiger partial charge in [-0.3, -0.25) is 10.1 Å². The van der Waals surface area contributed by atoms with Gasteiger partial charge in [0.25, 0.3) is 0 Å². The maximum absolute atomic E-state index is 12.8. The average Bonchev–Trinajstić information content (AvgIpc) is 1.82. The molecule has 0 saturated carbocycles. The molecule has 0 heterocycles. The van der Waals surface area contributed by atoms with Crippen molar-refractivity contribution in [2.24, 2.45) is 0 Å². The van der Waals surface area contributed by atoms with E-state index >= 15 is 0 Å². The number of anilines is 1. The van der Waals surface area contributed by atoms with Crippen LogP contribution in [0.4, 0.5) is 15.8 Å². The van der Waals surface area contributed by atoms with Crippen LogP contribution in [0, 0.1) is 15.9 Å². The zero-order chi connectivity index (χ0) is 9.30. The van der Waals surface area contributed by atoms with E-state index in [9.17, 15) is 14.5 Å². The molecule has 0 bridgehead atoms. The van der Waals surface area contributed by atoms with Gasteiger partial charge in [0.05, 0.1) is 4.92 Å². The number of benzene rings is 1. The van der Waals surface area contributed by atoms with Crippen LogP contribution < -0.4 is 5.73 Å². The summed E-state index contributed by atoms with van der Waals surface area (Å²) in [7, 11) is 0. The van der Waals surface area contributed by atoms with Crippen molar-refractivity contribution in [3.8, 4) is 0 Å². The molecule has 12 heavy (non-hydrogen) atoms. The highest BCUT2D eigenvalue weighted by molar-refractivity contribution is 9.10. The Kier molecular flexibility index (Phi) is 2.27. The van der Waals surface area contributed by atoms with Crippen LogP contribution in [-0.2, 0) is 0 Å². The van der Waals surface area contributed by atoms with Crippen molar-refractivity contribution in [3.63, 3.8) is 0 Å². The van der Waals surface area contributed by atoms with Gasteiger partial charge in [0.15, 0.2) is 0 Å². The smallest absolute Gasteiger partial charge is 0.327 e. The third kappa shape index (κ3) is 1.53. The first-order valence-electron chi connectivity index (χ1n) is 2.91. The van der Waals surface area contributed by atoms with Gasteiger partial charge in [-0.25, -0.2) is 0 Å². The first kappa shape index (κ1) is 8.92. The van der Waals surface area contributed by atoms with Crippen molar-refractivity contribution >= 4 is 27.3 Å². The van der Waals surface area contributed by atoms with E-state index in [1.54, 1.807) is 0 Å². The number of hydrogen-bond acceptors (Lipinski definition) is 3. The lowest BCUT2D eigenvalue weighted by Gasteiger charge is -1.98. The zero-order valence-electron chi connectivity index (χ0n) is 5.75. The number of nitrogens with zero attached hydrogens (tertiary/aromatic N) is 1. The molecule has 0 amide bonds. The Balaban J connectivity index is 3.38. The molecule has 0 unspecified atom stereocenters. The maximum Gasteiger partial charge on any atom is 0.327 e. The lowest BCUT2D eigenvalue weighted by molar-refractivity contribution is -0.386. The molecule has 0 radical (unpaired) electrons. The Hall–Kier alpha value is -1.17. The molecule has 4 nitrogen and oxygen atoms in total. The molecule has 0 spiro atoms. The highest BCUT2D eigenvalue weighted by atomic mass is 79.9. The van der Waals surface area contributed by atoms with Crippen LogP contribution in [0.25, 0.3) is 0 Å². The quantitative estimate of drug-likeness (QED) is 0.460. The van der Waals surface area contributed by atoms with Crippen molar-refractivity contribution in [2.45, 2.75) is 0 Å². The van der Waals surface area contributed by atoms with Gasteiger partial charge < -0.3 is 5.73 Å². The Morgan fingerprint density at radius 2 is 2.17 bits per heavy atom. The lowest BCUT2D eigenvalue weighted by Crippen LogP contribution is -1.98. The fraction of sp³-hybridized carbons (Fsp3) is 0. The Morgan fingerprint density at radius 3 is 2.58 bits per heavy atom. The largest absolute Gasteiger partial charge is 0.393 e. The molecule has 2 N–H and O–H groups in total. The predicted molar refractivity (Wildman–Crippen MR) is 45.2 cm³/mol. The minimum atomic E-state index is -0.938. The third-order valence-electron chi connectivity index (χ3n) is 1.24. The summed E-state index contributed by atoms with van der Waals surface area (Å²) in [6.45, 7) is 0. The number of nitrogens with two attached hydrogens (primary N) is 1. The summed E-state index contributed by atoms with van der Waals surface area (Å²) >= 11 is 2.95. The van der Waals surface area contributed by atoms with Crippen molar-refractivity contribution < 1.29 is 9.31 Å². The summed E-state index contributed by atoms with van der Waals surface area (Å²) in [4.78, 5) is 9.37. The molecule has 1 aromatic carbocycles. The van der Waals surface area contributed by atoms with Gasteiger partial charge in [-0.05, 0) is 12.1 Å². The van der Waals surface area contributed by atoms with Gasteiger partial charge in [0.2, 0.25) is 5.82 Å². The van der Waals surface area contributed by atoms with Gasteiger partial charge in [-0.1, -0.05) is 15.9 Å². The number of nitro groups is 1. The van der Waals surface area contributed by atoms with Crippen LogP contribution in [0.15, 0.2) is 16.6 Å². The molecule has 6 heteroatoms. The minimum absolute atomic E-state index is 0.188. The highest BCUT2D eigenvalue weighted by Gasteiger charge is 2.18. The van der Waals surface area contributed by atoms with Crippen LogP contribution in [0.2, 0.25) is 0 Å². The highest BCUT2D eigenvalue weighted by Crippen LogP contribution is 2.28. The Bertz CT molecular complexity index is 319. The van der Waals surface area contributed by atoms with Gasteiger partial charge in [0, 0.05) is 4.47 Å². The van der Waals surface area contributed by atoms with Crippen LogP contribution in [0.1, 0.15) is 0 Å². The fourth-order valence-corrected chi connectivity index (χ4v) is 1.23. The first-order chi connectivity index (χ1) is 5.52. The molecular formula is C6H4BrFN2O2. The van der Waals surface area contributed by atoms with E-state index in [1.165, 1.54) is 6.07 Å². The van der Waals surface area contributed by atoms with Crippen molar-refractivity contribution in [1.29, 1.82) is 0 Å². The number of nitro benzene ring substituents is 1. The summed E-state index contributed by atoms with van der Waals surface area (Å²) < 4.78 is 13.2. The van der Waals surface area contributed by atoms with Gasteiger partial charge in [-0.2, -0.15) is 4.39 Å². The molecular weight excluding hydrogens is 231 g/mol. The van der Waals surface area contributed by atoms with Crippen molar-refractivity contribution in [3.05, 3.63) is 32.5 Å². The van der Waals surface area contributed by atoms with E-state index in [2.05, 4.69) is 15.9 Å². The molecule has 0 fully saturated rings. The summed E-state index contributed by atoms with van der Waals surface area (Å²) in [5.74, 6) is -0.938. The summed E-state index contributed by atoms with van der Waals surface area (Å²) in [5, 5.41) is 10.2. The van der Waals surface area contributed by atoms with Crippen LogP contribution in [0.3, 0.4) is 0 Å². The Morgan fingerprint density at radius 1 is 1.58 bits per heavy atom. The number of hydrogen-bond donors (Lipinski definition) is 1. The predicted octanol–water partition coefficient (Wildman–Crippen LogP) is 2.08. The van der Waals surface area contributed by atoms with Crippen molar-refractivity contribution in [2.75, 3.05) is 5.73 Å². The van der Waals surface area contributed by atoms with E-state index < -0.39 is 16.4 Å². The van der Waals surface area contributed by atoms with Crippen LogP contribution >= 0.6 is 15.9 Å². The number of halogens is 2. The minimum Gasteiger partial charge on any atom is -0.393 e. The van der Waals surface area contributed by atoms with Crippen LogP contribution in [-0.4, -0.2) is 4.92 Å². The van der Waals surface area contributed by atoms with E-state index in [0.29, 0.717) is 4.47 Å². The molecule has 1 aromatic rings. The van der Waals surface area contributed by atoms with Crippen LogP contribution in [0.5, 0.6) is 0 Å². The van der Waals surface area contributed by atoms with E-state index in [4.69, 9.17) is 5.73 Å². The SMILES string of the molecule is Nc1cc(Br)cc(F)c1[N+](=O)[O-]. The maximum atomic E-state index is 12.8. The standard InChI is InChI=1S/C6H4BrFN2O2/c7-3-1-4(8)6(10(11)12)5(9)2-3/h1-2H,9H2. The second kappa shape index (κ2) is 3.06. The first-order valence-corrected chi connectivity index (χ1v) is 3.70. The van der Waals surface area contributed by atoms with Gasteiger partial charge in [0.1, 0.15) is 5.69 Å². The summed E-state index contributed by atoms with van der Waals surface area (Å²) in [5.41, 5.74) is 4.34. The van der Waals surface area contributed by atoms with Gasteiger partial charge in [-0.15, -0.1) is 0 Å². The molecule has 1 rings (SSSR count). The third-order valence-corrected chi connectivity index (χ3v) is 1.70.